The molecular formula is HO4TiZn-3. The molecular weight excluding hydrogens is 177 g/mol. The van der Waals surface area contributed by atoms with Crippen LogP contribution >= 0.6 is 0 Å². The normalized spacial score (nSPS) is 10.0. The van der Waals surface area contributed by atoms with Gasteiger partial charge in [0.1, 0.15) is 0 Å². The van der Waals surface area contributed by atoms with E-state index in [1.807, 2.05) is 0 Å². The second kappa shape index (κ2) is 3.21. The fraction of sp³-hybridized carbons (Fsp3) is 0. The smallest absolute Gasteiger partial charge is 0 e. The van der Waals surface area contributed by atoms with Gasteiger partial charge in [0, 0.05) is 19.5 Å². The first kappa shape index (κ1) is 10.2. The summed E-state index contributed by atoms with van der Waals surface area (Å²) in [6.07, 6.45) is 0. The fourth-order valence-electron chi connectivity index (χ4n) is 0. The molecule has 0 unspecified atom stereocenters. The van der Waals surface area contributed by atoms with Crippen molar-refractivity contribution in [2.45, 2.75) is 0 Å². The van der Waals surface area contributed by atoms with E-state index in [0.29, 0.717) is 0 Å². The first-order valence-electron chi connectivity index (χ1n) is 0.816. The molecule has 0 amide bonds. The van der Waals surface area contributed by atoms with Gasteiger partial charge >= 0.3 is 34.3 Å². The van der Waals surface area contributed by atoms with Crippen LogP contribution in [-0.2, 0) is 37.6 Å². The van der Waals surface area contributed by atoms with Crippen LogP contribution in [0.4, 0.5) is 0 Å². The van der Waals surface area contributed by atoms with Crippen LogP contribution in [0.2, 0.25) is 0 Å². The van der Waals surface area contributed by atoms with Gasteiger partial charge in [-0.15, -0.1) is 0 Å². The van der Waals surface area contributed by atoms with Gasteiger partial charge < -0.3 is 0 Å². The first-order valence-corrected chi connectivity index (χ1v) is 3.37. The molecule has 0 fully saturated rings. The maximum absolute atomic E-state index is 8.62. The molecule has 0 radical (unpaired) electrons. The van der Waals surface area contributed by atoms with Crippen LogP contribution in [0.3, 0.4) is 0 Å². The third-order valence-electron chi connectivity index (χ3n) is 0. The van der Waals surface area contributed by atoms with Crippen LogP contribution in [0.5, 0.6) is 0 Å². The molecule has 0 spiro atoms. The molecule has 6 heavy (non-hydrogen) atoms. The van der Waals surface area contributed by atoms with E-state index in [9.17, 15) is 0 Å². The van der Waals surface area contributed by atoms with Crippen LogP contribution in [0, 0.1) is 0 Å². The van der Waals surface area contributed by atoms with E-state index in [1.165, 1.54) is 0 Å². The topological polar surface area (TPSA) is 92.2 Å². The van der Waals surface area contributed by atoms with Crippen LogP contribution in [0.1, 0.15) is 1.43 Å². The molecule has 6 heteroatoms. The maximum Gasteiger partial charge on any atom is 0 e. The zero-order valence-electron chi connectivity index (χ0n) is 3.84. The molecule has 0 bridgehead atoms. The summed E-state index contributed by atoms with van der Waals surface area (Å²) in [6.45, 7) is 0. The zero-order chi connectivity index (χ0) is 4.50. The molecule has 0 aliphatic carbocycles. The van der Waals surface area contributed by atoms with Crippen molar-refractivity contribution in [1.29, 1.82) is 0 Å². The Labute approximate surface area is 53.9 Å². The standard InChI is InChI=1S/4O.Ti.Zn/q4*-1;;/p+1. The minimum Gasteiger partial charge on any atom is 0 e. The van der Waals surface area contributed by atoms with Gasteiger partial charge in [-0.1, -0.05) is 0 Å². The van der Waals surface area contributed by atoms with Gasteiger partial charge in [-0.3, -0.25) is 0 Å². The monoisotopic (exact) mass is 177 g/mol. The van der Waals surface area contributed by atoms with E-state index in [0.717, 1.165) is 0 Å². The summed E-state index contributed by atoms with van der Waals surface area (Å²) in [6, 6.07) is 0. The van der Waals surface area contributed by atoms with Gasteiger partial charge in [0.05, 0.1) is 0 Å². The van der Waals surface area contributed by atoms with Crippen molar-refractivity contribution in [1.82, 2.24) is 0 Å². The average Bonchev–Trinajstić information content (AvgIpc) is 0.722. The second-order valence-electron chi connectivity index (χ2n) is 0.500. The van der Waals surface area contributed by atoms with Crippen molar-refractivity contribution in [3.63, 3.8) is 0 Å². The largest absolute Gasteiger partial charge is 0 e. The summed E-state index contributed by atoms with van der Waals surface area (Å²) in [4.78, 5) is 0. The van der Waals surface area contributed by atoms with E-state index in [2.05, 4.69) is 0 Å². The van der Waals surface area contributed by atoms with Crippen molar-refractivity contribution in [3.8, 4) is 0 Å². The number of hydrogen-bond acceptors (Lipinski definition) is 4. The number of rotatable bonds is 0. The molecule has 0 saturated heterocycles. The van der Waals surface area contributed by atoms with E-state index < -0.39 is 18.1 Å². The Balaban J connectivity index is -0.0000000800. The number of hydrogen-bond donors (Lipinski definition) is 0. The predicted molar refractivity (Wildman–Crippen MR) is 1.11 cm³/mol. The van der Waals surface area contributed by atoms with E-state index in [-0.39, 0.29) is 20.9 Å². The zero-order valence-corrected chi connectivity index (χ0v) is 7.37. The molecule has 0 heterocycles. The molecule has 0 aliphatic heterocycles. The Morgan fingerprint density at radius 3 is 1.00 bits per heavy atom. The molecule has 0 saturated carbocycles. The fourth-order valence-corrected chi connectivity index (χ4v) is 0. The first-order chi connectivity index (χ1) is 2.00. The molecule has 0 N–H and O–H groups in total. The molecule has 4 nitrogen and oxygen atoms in total. The Bertz CT molecular complexity index is 27.2. The molecule has 0 aliphatic rings. The Hall–Kier alpha value is 1.18. The third kappa shape index (κ3) is 65.2. The summed E-state index contributed by atoms with van der Waals surface area (Å²) >= 11 is -6.00. The van der Waals surface area contributed by atoms with Crippen LogP contribution in [-0.4, -0.2) is 0 Å². The van der Waals surface area contributed by atoms with Crippen LogP contribution < -0.4 is 14.8 Å². The Morgan fingerprint density at radius 2 is 1.00 bits per heavy atom. The molecule has 0 aromatic rings. The van der Waals surface area contributed by atoms with Gasteiger partial charge in [-0.2, -0.15) is 0 Å². The van der Waals surface area contributed by atoms with Gasteiger partial charge in [0.2, 0.25) is 0 Å². The average molecular weight is 178 g/mol. The third-order valence-corrected chi connectivity index (χ3v) is 0. The van der Waals surface area contributed by atoms with E-state index in [4.69, 9.17) is 14.8 Å². The van der Waals surface area contributed by atoms with E-state index in [1.54, 1.807) is 0 Å². The van der Waals surface area contributed by atoms with Crippen molar-refractivity contribution in [2.24, 2.45) is 0 Å². The summed E-state index contributed by atoms with van der Waals surface area (Å²) in [5.74, 6) is 0. The maximum atomic E-state index is 8.62. The van der Waals surface area contributed by atoms with E-state index >= 15 is 0 Å². The Morgan fingerprint density at radius 1 is 1.00 bits per heavy atom. The summed E-state index contributed by atoms with van der Waals surface area (Å²) in [7, 11) is 0. The minimum atomic E-state index is -6.00. The summed E-state index contributed by atoms with van der Waals surface area (Å²) in [5, 5.41) is 0. The summed E-state index contributed by atoms with van der Waals surface area (Å²) in [5.41, 5.74) is 0. The predicted octanol–water partition coefficient (Wildman–Crippen LogP) is -4.65. The van der Waals surface area contributed by atoms with Crippen molar-refractivity contribution in [3.05, 3.63) is 0 Å². The Kier molecular flexibility index (Phi) is 5.47. The van der Waals surface area contributed by atoms with Crippen LogP contribution in [0.25, 0.3) is 0 Å². The SMILES string of the molecule is [H+].[O-][Ti]([O-])([O-])[O-].[Zn]. The molecule has 0 aromatic carbocycles. The van der Waals surface area contributed by atoms with Crippen LogP contribution in [0.15, 0.2) is 0 Å². The second-order valence-corrected chi connectivity index (χ2v) is 2.06. The summed E-state index contributed by atoms with van der Waals surface area (Å²) < 4.78 is 34.5. The van der Waals surface area contributed by atoms with Gasteiger partial charge in [0.25, 0.3) is 0 Å². The molecule has 0 rings (SSSR count). The van der Waals surface area contributed by atoms with Gasteiger partial charge in [-0.25, -0.2) is 0 Å². The van der Waals surface area contributed by atoms with Crippen molar-refractivity contribution in [2.75, 3.05) is 0 Å². The minimum absolute atomic E-state index is 0. The van der Waals surface area contributed by atoms with Gasteiger partial charge in [0.15, 0.2) is 0 Å². The molecule has 0 atom stereocenters. The molecule has 34 valence electrons. The quantitative estimate of drug-likeness (QED) is 0.349. The van der Waals surface area contributed by atoms with Crippen molar-refractivity contribution >= 4 is 0 Å². The molecule has 0 aromatic heterocycles. The van der Waals surface area contributed by atoms with Crippen molar-refractivity contribution < 1.29 is 53.8 Å². The van der Waals surface area contributed by atoms with Gasteiger partial charge in [-0.05, 0) is 0 Å².